The number of hydrogen-bond acceptors (Lipinski definition) is 7. The van der Waals surface area contributed by atoms with E-state index < -0.39 is 0 Å². The highest BCUT2D eigenvalue weighted by molar-refractivity contribution is 8.10. The number of rotatable bonds is 4. The van der Waals surface area contributed by atoms with E-state index in [4.69, 9.17) is 9.47 Å². The minimum absolute atomic E-state index is 0.321. The average molecular weight is 301 g/mol. The van der Waals surface area contributed by atoms with Crippen molar-refractivity contribution in [3.05, 3.63) is 21.0 Å². The predicted molar refractivity (Wildman–Crippen MR) is 75.1 cm³/mol. The molecule has 7 heteroatoms. The van der Waals surface area contributed by atoms with Gasteiger partial charge in [-0.15, -0.1) is 11.8 Å². The number of ether oxygens (including phenoxy) is 2. The first-order valence-corrected chi connectivity index (χ1v) is 7.85. The van der Waals surface area contributed by atoms with E-state index in [0.717, 1.165) is 17.3 Å². The number of fused-ring (bicyclic) bond motifs is 1. The van der Waals surface area contributed by atoms with E-state index >= 15 is 0 Å². The molecule has 5 nitrogen and oxygen atoms in total. The zero-order valence-electron chi connectivity index (χ0n) is 10.8. The molecule has 0 radical (unpaired) electrons. The van der Waals surface area contributed by atoms with E-state index in [1.807, 2.05) is 4.90 Å². The van der Waals surface area contributed by atoms with Gasteiger partial charge in [-0.3, -0.25) is 0 Å². The van der Waals surface area contributed by atoms with Gasteiger partial charge in [0.25, 0.3) is 0 Å². The van der Waals surface area contributed by atoms with Crippen molar-refractivity contribution in [1.82, 2.24) is 4.90 Å². The lowest BCUT2D eigenvalue weighted by Gasteiger charge is -2.24. The van der Waals surface area contributed by atoms with E-state index in [2.05, 4.69) is 0 Å². The van der Waals surface area contributed by atoms with Gasteiger partial charge in [-0.2, -0.15) is 0 Å². The highest BCUT2D eigenvalue weighted by atomic mass is 32.2. The molecule has 0 aromatic carbocycles. The number of carbonyl (C=O) groups excluding carboxylic acids is 2. The van der Waals surface area contributed by atoms with Gasteiger partial charge in [0.05, 0.1) is 13.2 Å². The molecule has 2 heterocycles. The van der Waals surface area contributed by atoms with Crippen LogP contribution >= 0.6 is 23.5 Å². The molecule has 0 saturated heterocycles. The van der Waals surface area contributed by atoms with Crippen LogP contribution in [0.15, 0.2) is 21.0 Å². The smallest absolute Gasteiger partial charge is 0.347 e. The second-order valence-electron chi connectivity index (χ2n) is 3.71. The minimum atomic E-state index is -0.345. The molecule has 104 valence electrons. The summed E-state index contributed by atoms with van der Waals surface area (Å²) in [4.78, 5) is 26.6. The molecule has 0 fully saturated rings. The second-order valence-corrected chi connectivity index (χ2v) is 5.85. The molecule has 0 spiro atoms. The summed E-state index contributed by atoms with van der Waals surface area (Å²) in [5.74, 6) is 0.131. The Hall–Kier alpha value is -1.08. The fourth-order valence-electron chi connectivity index (χ4n) is 1.68. The average Bonchev–Trinajstić information content (AvgIpc) is 2.82. The van der Waals surface area contributed by atoms with E-state index in [-0.39, 0.29) is 11.9 Å². The molecule has 0 bridgehead atoms. The van der Waals surface area contributed by atoms with Crippen LogP contribution in [0.1, 0.15) is 13.8 Å². The lowest BCUT2D eigenvalue weighted by molar-refractivity contribution is -0.138. The van der Waals surface area contributed by atoms with Crippen LogP contribution in [0.4, 0.5) is 0 Å². The van der Waals surface area contributed by atoms with E-state index in [0.29, 0.717) is 23.0 Å². The van der Waals surface area contributed by atoms with Crippen LogP contribution in [0, 0.1) is 0 Å². The van der Waals surface area contributed by atoms with Crippen LogP contribution in [-0.4, -0.2) is 42.3 Å². The molecular formula is C12H15NO4S2. The third-order valence-corrected chi connectivity index (χ3v) is 4.74. The molecule has 19 heavy (non-hydrogen) atoms. The topological polar surface area (TPSA) is 55.8 Å². The molecule has 0 atom stereocenters. The van der Waals surface area contributed by atoms with Crippen molar-refractivity contribution >= 4 is 35.5 Å². The number of hydrogen-bond donors (Lipinski definition) is 0. The lowest BCUT2D eigenvalue weighted by atomic mass is 10.5. The highest BCUT2D eigenvalue weighted by Crippen LogP contribution is 2.44. The number of nitrogens with zero attached hydrogens (tertiary/aromatic N) is 1. The zero-order valence-corrected chi connectivity index (χ0v) is 12.4. The fraction of sp³-hybridized carbons (Fsp3) is 0.500. The third-order valence-electron chi connectivity index (χ3n) is 2.45. The van der Waals surface area contributed by atoms with Gasteiger partial charge >= 0.3 is 11.9 Å². The molecule has 0 aromatic heterocycles. The Bertz CT molecular complexity index is 459. The normalized spacial score (nSPS) is 18.0. The van der Waals surface area contributed by atoms with Crippen molar-refractivity contribution in [3.63, 3.8) is 0 Å². The van der Waals surface area contributed by atoms with Crippen molar-refractivity contribution in [3.8, 4) is 0 Å². The highest BCUT2D eigenvalue weighted by Gasteiger charge is 2.33. The summed E-state index contributed by atoms with van der Waals surface area (Å²) >= 11 is 2.75. The molecular weight excluding hydrogens is 286 g/mol. The van der Waals surface area contributed by atoms with Crippen LogP contribution in [-0.2, 0) is 19.1 Å². The summed E-state index contributed by atoms with van der Waals surface area (Å²) in [6.07, 6.45) is 1.75. The number of thioether (sulfide) groups is 2. The maximum atomic E-state index is 11.9. The van der Waals surface area contributed by atoms with Crippen LogP contribution < -0.4 is 0 Å². The van der Waals surface area contributed by atoms with Crippen molar-refractivity contribution in [2.75, 3.05) is 25.5 Å². The van der Waals surface area contributed by atoms with E-state index in [9.17, 15) is 9.59 Å². The van der Waals surface area contributed by atoms with Crippen LogP contribution in [0.3, 0.4) is 0 Å². The Morgan fingerprint density at radius 1 is 1.26 bits per heavy atom. The predicted octanol–water partition coefficient (Wildman–Crippen LogP) is 1.92. The largest absolute Gasteiger partial charge is 0.462 e. The first-order valence-electron chi connectivity index (χ1n) is 6.05. The monoisotopic (exact) mass is 301 g/mol. The Balaban J connectivity index is 2.18. The molecule has 0 N–H and O–H groups in total. The van der Waals surface area contributed by atoms with Crippen molar-refractivity contribution in [1.29, 1.82) is 0 Å². The van der Waals surface area contributed by atoms with Gasteiger partial charge in [0, 0.05) is 18.5 Å². The van der Waals surface area contributed by atoms with Crippen LogP contribution in [0.25, 0.3) is 0 Å². The Morgan fingerprint density at radius 3 is 2.63 bits per heavy atom. The SMILES string of the molecule is CCOC(=O)C1=CN2CCSC(C(=O)OCC)=C2S1. The first-order chi connectivity index (χ1) is 9.17. The van der Waals surface area contributed by atoms with Gasteiger partial charge in [0.15, 0.2) is 0 Å². The lowest BCUT2D eigenvalue weighted by Crippen LogP contribution is -2.23. The van der Waals surface area contributed by atoms with Gasteiger partial charge in [-0.05, 0) is 13.8 Å². The molecule has 0 aromatic rings. The van der Waals surface area contributed by atoms with Gasteiger partial charge in [-0.25, -0.2) is 9.59 Å². The van der Waals surface area contributed by atoms with E-state index in [1.54, 1.807) is 20.0 Å². The summed E-state index contributed by atoms with van der Waals surface area (Å²) in [5.41, 5.74) is 0. The summed E-state index contributed by atoms with van der Waals surface area (Å²) in [7, 11) is 0. The van der Waals surface area contributed by atoms with Crippen molar-refractivity contribution in [2.24, 2.45) is 0 Å². The molecule has 0 aliphatic carbocycles. The molecule has 2 rings (SSSR count). The van der Waals surface area contributed by atoms with Crippen molar-refractivity contribution < 1.29 is 19.1 Å². The molecule has 2 aliphatic rings. The number of esters is 2. The summed E-state index contributed by atoms with van der Waals surface area (Å²) in [5, 5.41) is 0.776. The maximum absolute atomic E-state index is 11.9. The Kier molecular flexibility index (Phi) is 4.81. The zero-order chi connectivity index (χ0) is 13.8. The molecule has 0 amide bonds. The quantitative estimate of drug-likeness (QED) is 0.735. The number of carbonyl (C=O) groups is 2. The fourth-order valence-corrected chi connectivity index (χ4v) is 3.86. The van der Waals surface area contributed by atoms with Crippen LogP contribution in [0.2, 0.25) is 0 Å². The maximum Gasteiger partial charge on any atom is 0.347 e. The van der Waals surface area contributed by atoms with Gasteiger partial charge in [-0.1, -0.05) is 11.8 Å². The van der Waals surface area contributed by atoms with E-state index in [1.165, 1.54) is 23.5 Å². The second kappa shape index (κ2) is 6.38. The Morgan fingerprint density at radius 2 is 1.95 bits per heavy atom. The molecule has 0 saturated carbocycles. The Labute approximate surface area is 120 Å². The van der Waals surface area contributed by atoms with Crippen LogP contribution in [0.5, 0.6) is 0 Å². The summed E-state index contributed by atoms with van der Waals surface area (Å²) in [6.45, 7) is 5.01. The third kappa shape index (κ3) is 3.09. The standard InChI is InChI=1S/C12H15NO4S2/c1-3-16-11(14)8-7-13-5-6-18-9(10(13)19-8)12(15)17-4-2/h7H,3-6H2,1-2H3. The van der Waals surface area contributed by atoms with Crippen molar-refractivity contribution in [2.45, 2.75) is 13.8 Å². The first kappa shape index (κ1) is 14.3. The molecule has 0 unspecified atom stereocenters. The summed E-state index contributed by atoms with van der Waals surface area (Å²) < 4.78 is 10.0. The minimum Gasteiger partial charge on any atom is -0.462 e. The van der Waals surface area contributed by atoms with Gasteiger partial charge in [0.1, 0.15) is 14.8 Å². The molecule has 2 aliphatic heterocycles. The van der Waals surface area contributed by atoms with Gasteiger partial charge < -0.3 is 14.4 Å². The van der Waals surface area contributed by atoms with Gasteiger partial charge in [0.2, 0.25) is 0 Å². The summed E-state index contributed by atoms with van der Waals surface area (Å²) in [6, 6.07) is 0.